The third-order valence-corrected chi connectivity index (χ3v) is 4.32. The number of amides is 1. The molecule has 6 nitrogen and oxygen atoms in total. The van der Waals surface area contributed by atoms with Crippen LogP contribution in [0.4, 0.5) is 18.9 Å². The molecule has 1 aromatic heterocycles. The molecule has 1 fully saturated rings. The number of nitrogens with one attached hydrogen (secondary N) is 2. The topological polar surface area (TPSA) is 74.4 Å². The smallest absolute Gasteiger partial charge is 0.406 e. The summed E-state index contributed by atoms with van der Waals surface area (Å²) in [6.45, 7) is 1.91. The third-order valence-electron chi connectivity index (χ3n) is 4.32. The molecule has 0 aliphatic carbocycles. The lowest BCUT2D eigenvalue weighted by atomic mass is 10.1. The van der Waals surface area contributed by atoms with E-state index in [2.05, 4.69) is 15.0 Å². The van der Waals surface area contributed by atoms with Gasteiger partial charge in [-0.1, -0.05) is 0 Å². The van der Waals surface area contributed by atoms with Gasteiger partial charge in [-0.3, -0.25) is 9.59 Å². The monoisotopic (exact) mass is 381 g/mol. The quantitative estimate of drug-likeness (QED) is 0.835. The standard InChI is InChI=1S/C18H18F3N3O3/c19-18(20,21)27-15-4-2-14(3-5-15)24-8-7-12(11-24)9-23-17(26)13-1-6-16(25)22-10-13/h1-6,10,12H,7-9,11H2,(H,22,25)(H,23,26). The first-order valence-electron chi connectivity index (χ1n) is 8.38. The maximum absolute atomic E-state index is 12.2. The van der Waals surface area contributed by atoms with Crippen molar-refractivity contribution in [2.45, 2.75) is 12.8 Å². The average Bonchev–Trinajstić information content (AvgIpc) is 3.08. The number of hydrogen-bond donors (Lipinski definition) is 2. The Bertz CT molecular complexity index is 829. The predicted molar refractivity (Wildman–Crippen MR) is 92.8 cm³/mol. The number of pyridine rings is 1. The van der Waals surface area contributed by atoms with E-state index in [4.69, 9.17) is 0 Å². The van der Waals surface area contributed by atoms with E-state index in [0.717, 1.165) is 18.7 Å². The molecule has 0 bridgehead atoms. The minimum atomic E-state index is -4.70. The van der Waals surface area contributed by atoms with Gasteiger partial charge in [-0.2, -0.15) is 0 Å². The van der Waals surface area contributed by atoms with E-state index in [0.29, 0.717) is 18.7 Å². The van der Waals surface area contributed by atoms with Gasteiger partial charge in [-0.15, -0.1) is 13.2 Å². The summed E-state index contributed by atoms with van der Waals surface area (Å²) in [6, 6.07) is 8.49. The van der Waals surface area contributed by atoms with Crippen LogP contribution in [0.3, 0.4) is 0 Å². The van der Waals surface area contributed by atoms with Crippen LogP contribution in [0.5, 0.6) is 5.75 Å². The first-order chi connectivity index (χ1) is 12.8. The fraction of sp³-hybridized carbons (Fsp3) is 0.333. The van der Waals surface area contributed by atoms with Gasteiger partial charge in [0, 0.05) is 37.6 Å². The number of rotatable bonds is 5. The number of alkyl halides is 3. The van der Waals surface area contributed by atoms with Crippen molar-refractivity contribution in [1.82, 2.24) is 10.3 Å². The average molecular weight is 381 g/mol. The molecule has 1 amide bonds. The van der Waals surface area contributed by atoms with Crippen molar-refractivity contribution < 1.29 is 22.7 Å². The molecule has 1 atom stereocenters. The summed E-state index contributed by atoms with van der Waals surface area (Å²) < 4.78 is 40.5. The van der Waals surface area contributed by atoms with Crippen LogP contribution < -0.4 is 20.5 Å². The molecule has 3 rings (SSSR count). The second kappa shape index (κ2) is 7.73. The number of benzene rings is 1. The van der Waals surface area contributed by atoms with Gasteiger partial charge in [0.25, 0.3) is 5.91 Å². The zero-order valence-corrected chi connectivity index (χ0v) is 14.3. The Balaban J connectivity index is 1.50. The highest BCUT2D eigenvalue weighted by Gasteiger charge is 2.31. The van der Waals surface area contributed by atoms with Crippen molar-refractivity contribution in [3.63, 3.8) is 0 Å². The number of aromatic nitrogens is 1. The Morgan fingerprint density at radius 1 is 1.22 bits per heavy atom. The third kappa shape index (κ3) is 5.25. The SMILES string of the molecule is O=C(NCC1CCN(c2ccc(OC(F)(F)F)cc2)C1)c1ccc(=O)[nH]c1. The van der Waals surface area contributed by atoms with Gasteiger partial charge in [0.05, 0.1) is 5.56 Å². The molecule has 1 aromatic carbocycles. The number of carbonyl (C=O) groups is 1. The zero-order chi connectivity index (χ0) is 19.4. The molecule has 2 N–H and O–H groups in total. The van der Waals surface area contributed by atoms with Gasteiger partial charge in [0.15, 0.2) is 0 Å². The van der Waals surface area contributed by atoms with Gasteiger partial charge >= 0.3 is 6.36 Å². The summed E-state index contributed by atoms with van der Waals surface area (Å²) in [5.41, 5.74) is 0.910. The van der Waals surface area contributed by atoms with E-state index < -0.39 is 6.36 Å². The molecule has 1 unspecified atom stereocenters. The lowest BCUT2D eigenvalue weighted by Crippen LogP contribution is -2.31. The molecule has 2 aromatic rings. The lowest BCUT2D eigenvalue weighted by Gasteiger charge is -2.19. The van der Waals surface area contributed by atoms with Gasteiger partial charge in [-0.25, -0.2) is 0 Å². The molecule has 0 saturated carbocycles. The number of halogens is 3. The first kappa shape index (κ1) is 18.8. The number of anilines is 1. The van der Waals surface area contributed by atoms with Gasteiger partial charge in [0.2, 0.25) is 5.56 Å². The summed E-state index contributed by atoms with van der Waals surface area (Å²) >= 11 is 0. The Morgan fingerprint density at radius 3 is 2.59 bits per heavy atom. The van der Waals surface area contributed by atoms with E-state index in [1.165, 1.54) is 30.5 Å². The molecule has 1 aliphatic rings. The van der Waals surface area contributed by atoms with Gasteiger partial charge < -0.3 is 19.9 Å². The molecule has 1 aliphatic heterocycles. The summed E-state index contributed by atoms with van der Waals surface area (Å²) in [6.07, 6.45) is -2.49. The van der Waals surface area contributed by atoms with Crippen molar-refractivity contribution in [3.05, 3.63) is 58.5 Å². The van der Waals surface area contributed by atoms with Crippen LogP contribution in [0.25, 0.3) is 0 Å². The van der Waals surface area contributed by atoms with E-state index in [1.807, 2.05) is 4.90 Å². The van der Waals surface area contributed by atoms with Crippen molar-refractivity contribution in [1.29, 1.82) is 0 Å². The van der Waals surface area contributed by atoms with E-state index in [9.17, 15) is 22.8 Å². The minimum Gasteiger partial charge on any atom is -0.406 e. The molecule has 1 saturated heterocycles. The number of aromatic amines is 1. The summed E-state index contributed by atoms with van der Waals surface area (Å²) in [5, 5.41) is 2.83. The number of H-pyrrole nitrogens is 1. The normalized spacial score (nSPS) is 17.0. The van der Waals surface area contributed by atoms with Crippen molar-refractivity contribution in [3.8, 4) is 5.75 Å². The molecule has 9 heteroatoms. The largest absolute Gasteiger partial charge is 0.573 e. The fourth-order valence-electron chi connectivity index (χ4n) is 2.98. The van der Waals surface area contributed by atoms with E-state index in [1.54, 1.807) is 12.1 Å². The Hall–Kier alpha value is -2.97. The van der Waals surface area contributed by atoms with Crippen LogP contribution in [0.2, 0.25) is 0 Å². The highest BCUT2D eigenvalue weighted by atomic mass is 19.4. The fourth-order valence-corrected chi connectivity index (χ4v) is 2.98. The minimum absolute atomic E-state index is 0.225. The molecular formula is C18H18F3N3O3. The van der Waals surface area contributed by atoms with Crippen LogP contribution in [0.15, 0.2) is 47.4 Å². The van der Waals surface area contributed by atoms with Gasteiger partial charge in [0.1, 0.15) is 5.75 Å². The summed E-state index contributed by atoms with van der Waals surface area (Å²) in [7, 11) is 0. The van der Waals surface area contributed by atoms with Crippen LogP contribution in [0, 0.1) is 5.92 Å². The number of nitrogens with zero attached hydrogens (tertiary/aromatic N) is 1. The molecule has 0 spiro atoms. The number of carbonyl (C=O) groups excluding carboxylic acids is 1. The Kier molecular flexibility index (Phi) is 5.38. The van der Waals surface area contributed by atoms with Crippen molar-refractivity contribution in [2.24, 2.45) is 5.92 Å². The van der Waals surface area contributed by atoms with Crippen molar-refractivity contribution in [2.75, 3.05) is 24.5 Å². The van der Waals surface area contributed by atoms with Crippen LogP contribution in [0.1, 0.15) is 16.8 Å². The molecule has 0 radical (unpaired) electrons. The van der Waals surface area contributed by atoms with Gasteiger partial charge in [-0.05, 0) is 42.7 Å². The van der Waals surface area contributed by atoms with Crippen molar-refractivity contribution >= 4 is 11.6 Å². The van der Waals surface area contributed by atoms with Crippen LogP contribution >= 0.6 is 0 Å². The highest BCUT2D eigenvalue weighted by Crippen LogP contribution is 2.28. The Labute approximate surface area is 152 Å². The zero-order valence-electron chi connectivity index (χ0n) is 14.3. The molecular weight excluding hydrogens is 363 g/mol. The maximum Gasteiger partial charge on any atom is 0.573 e. The molecule has 144 valence electrons. The molecule has 2 heterocycles. The summed E-state index contributed by atoms with van der Waals surface area (Å²) in [5.74, 6) is -0.295. The van der Waals surface area contributed by atoms with E-state index in [-0.39, 0.29) is 23.1 Å². The lowest BCUT2D eigenvalue weighted by molar-refractivity contribution is -0.274. The Morgan fingerprint density at radius 2 is 1.96 bits per heavy atom. The second-order valence-corrected chi connectivity index (χ2v) is 6.29. The van der Waals surface area contributed by atoms with Crippen LogP contribution in [-0.2, 0) is 0 Å². The second-order valence-electron chi connectivity index (χ2n) is 6.29. The van der Waals surface area contributed by atoms with Crippen LogP contribution in [-0.4, -0.2) is 36.9 Å². The number of ether oxygens (including phenoxy) is 1. The van der Waals surface area contributed by atoms with E-state index >= 15 is 0 Å². The highest BCUT2D eigenvalue weighted by molar-refractivity contribution is 5.93. The predicted octanol–water partition coefficient (Wildman–Crippen LogP) is 2.53. The summed E-state index contributed by atoms with van der Waals surface area (Å²) in [4.78, 5) is 27.6. The first-order valence-corrected chi connectivity index (χ1v) is 8.38. The number of hydrogen-bond acceptors (Lipinski definition) is 4. The molecule has 27 heavy (non-hydrogen) atoms. The maximum atomic E-state index is 12.2.